The first-order valence-electron chi connectivity index (χ1n) is 10.6. The second kappa shape index (κ2) is 9.17. The number of carbonyl (C=O) groups excluding carboxylic acids is 1. The molecule has 9 nitrogen and oxygen atoms in total. The number of piperazine rings is 1. The van der Waals surface area contributed by atoms with Crippen molar-refractivity contribution in [1.29, 1.82) is 0 Å². The van der Waals surface area contributed by atoms with Crippen molar-refractivity contribution >= 4 is 23.4 Å². The molecule has 9 heteroatoms. The number of anilines is 3. The molecule has 0 unspecified atom stereocenters. The third-order valence-electron chi connectivity index (χ3n) is 5.43. The molecule has 0 bridgehead atoms. The van der Waals surface area contributed by atoms with Gasteiger partial charge in [0.05, 0.1) is 6.33 Å². The van der Waals surface area contributed by atoms with E-state index in [0.29, 0.717) is 37.8 Å². The van der Waals surface area contributed by atoms with Crippen LogP contribution in [0, 0.1) is 20.8 Å². The number of benzene rings is 1. The molecule has 3 aromatic rings. The van der Waals surface area contributed by atoms with Crippen LogP contribution in [0.5, 0.6) is 0 Å². The van der Waals surface area contributed by atoms with E-state index in [1.807, 2.05) is 44.2 Å². The molecular weight excluding hydrogens is 406 g/mol. The van der Waals surface area contributed by atoms with E-state index in [9.17, 15) is 9.59 Å². The van der Waals surface area contributed by atoms with Crippen molar-refractivity contribution in [2.24, 2.45) is 0 Å². The summed E-state index contributed by atoms with van der Waals surface area (Å²) in [6.45, 7) is 8.20. The van der Waals surface area contributed by atoms with Crippen LogP contribution in [-0.2, 0) is 11.3 Å². The predicted octanol–water partition coefficient (Wildman–Crippen LogP) is 2.05. The third-order valence-corrected chi connectivity index (χ3v) is 5.43. The molecule has 1 aliphatic rings. The van der Waals surface area contributed by atoms with Crippen molar-refractivity contribution in [3.63, 3.8) is 0 Å². The van der Waals surface area contributed by atoms with Gasteiger partial charge in [0.15, 0.2) is 0 Å². The van der Waals surface area contributed by atoms with Gasteiger partial charge in [-0.3, -0.25) is 14.2 Å². The van der Waals surface area contributed by atoms with Crippen molar-refractivity contribution in [3.8, 4) is 0 Å². The summed E-state index contributed by atoms with van der Waals surface area (Å²) in [7, 11) is 0. The highest BCUT2D eigenvalue weighted by molar-refractivity contribution is 5.76. The predicted molar refractivity (Wildman–Crippen MR) is 123 cm³/mol. The molecule has 0 radical (unpaired) electrons. The van der Waals surface area contributed by atoms with Crippen LogP contribution in [-0.4, -0.2) is 56.5 Å². The number of rotatable bonds is 5. The number of hydrogen-bond donors (Lipinski definition) is 1. The summed E-state index contributed by atoms with van der Waals surface area (Å²) in [6, 6.07) is 11.5. The average Bonchev–Trinajstić information content (AvgIpc) is 2.77. The van der Waals surface area contributed by atoms with Gasteiger partial charge < -0.3 is 15.1 Å². The van der Waals surface area contributed by atoms with E-state index < -0.39 is 0 Å². The molecule has 0 aliphatic carbocycles. The Hall–Kier alpha value is -3.75. The second-order valence-corrected chi connectivity index (χ2v) is 8.05. The summed E-state index contributed by atoms with van der Waals surface area (Å²) in [4.78, 5) is 41.9. The fourth-order valence-corrected chi connectivity index (χ4v) is 3.60. The largest absolute Gasteiger partial charge is 0.353 e. The maximum atomic E-state index is 12.7. The van der Waals surface area contributed by atoms with E-state index >= 15 is 0 Å². The van der Waals surface area contributed by atoms with Gasteiger partial charge in [0, 0.05) is 55.4 Å². The molecule has 0 saturated carbocycles. The molecule has 2 aromatic heterocycles. The van der Waals surface area contributed by atoms with Crippen LogP contribution in [0.1, 0.15) is 17.0 Å². The lowest BCUT2D eigenvalue weighted by molar-refractivity contribution is -0.132. The highest BCUT2D eigenvalue weighted by atomic mass is 16.2. The van der Waals surface area contributed by atoms with Crippen LogP contribution in [0.4, 0.5) is 17.5 Å². The maximum Gasteiger partial charge on any atom is 0.253 e. The molecule has 0 spiro atoms. The number of amides is 1. The molecule has 0 atom stereocenters. The molecule has 1 aromatic carbocycles. The Bertz CT molecular complexity index is 1170. The van der Waals surface area contributed by atoms with Crippen molar-refractivity contribution in [2.75, 3.05) is 36.4 Å². The van der Waals surface area contributed by atoms with Crippen LogP contribution in [0.3, 0.4) is 0 Å². The lowest BCUT2D eigenvalue weighted by Crippen LogP contribution is -2.50. The van der Waals surface area contributed by atoms with Gasteiger partial charge in [0.2, 0.25) is 11.9 Å². The van der Waals surface area contributed by atoms with E-state index in [0.717, 1.165) is 17.2 Å². The average molecular weight is 434 g/mol. The summed E-state index contributed by atoms with van der Waals surface area (Å²) < 4.78 is 1.35. The molecule has 1 saturated heterocycles. The van der Waals surface area contributed by atoms with Crippen LogP contribution >= 0.6 is 0 Å². The molecule has 4 rings (SSSR count). The van der Waals surface area contributed by atoms with E-state index in [1.165, 1.54) is 22.5 Å². The molecule has 1 amide bonds. The number of hydrogen-bond acceptors (Lipinski definition) is 7. The quantitative estimate of drug-likeness (QED) is 0.658. The molecular formula is C23H27N7O2. The molecule has 32 heavy (non-hydrogen) atoms. The van der Waals surface area contributed by atoms with Crippen molar-refractivity contribution in [1.82, 2.24) is 24.4 Å². The van der Waals surface area contributed by atoms with Gasteiger partial charge in [-0.1, -0.05) is 17.7 Å². The Kier molecular flexibility index (Phi) is 6.16. The molecule has 3 heterocycles. The highest BCUT2D eigenvalue weighted by Crippen LogP contribution is 2.20. The number of aromatic nitrogens is 4. The van der Waals surface area contributed by atoms with Gasteiger partial charge in [0.1, 0.15) is 12.4 Å². The minimum absolute atomic E-state index is 0.00332. The SMILES string of the molecule is Cc1ccc(Nc2nc(C)cc(N3CCN(C(=O)Cn4cnc(C)cc4=O)CC3)n2)cc1. The number of aryl methyl sites for hydroxylation is 3. The van der Waals surface area contributed by atoms with Gasteiger partial charge in [0.25, 0.3) is 5.56 Å². The van der Waals surface area contributed by atoms with Crippen LogP contribution in [0.15, 0.2) is 47.5 Å². The summed E-state index contributed by atoms with van der Waals surface area (Å²) in [5.74, 6) is 1.30. The summed E-state index contributed by atoms with van der Waals surface area (Å²) in [5.41, 5.74) is 3.42. The number of nitrogens with zero attached hydrogens (tertiary/aromatic N) is 6. The van der Waals surface area contributed by atoms with Crippen LogP contribution < -0.4 is 15.8 Å². The topological polar surface area (TPSA) is 96.3 Å². The van der Waals surface area contributed by atoms with E-state index in [1.54, 1.807) is 11.8 Å². The number of carbonyl (C=O) groups is 1. The van der Waals surface area contributed by atoms with E-state index in [4.69, 9.17) is 0 Å². The van der Waals surface area contributed by atoms with Gasteiger partial charge >= 0.3 is 0 Å². The van der Waals surface area contributed by atoms with Gasteiger partial charge in [-0.05, 0) is 32.9 Å². The lowest BCUT2D eigenvalue weighted by atomic mass is 10.2. The molecule has 1 fully saturated rings. The Labute approximate surface area is 186 Å². The first kappa shape index (κ1) is 21.5. The summed E-state index contributed by atoms with van der Waals surface area (Å²) >= 11 is 0. The van der Waals surface area contributed by atoms with E-state index in [2.05, 4.69) is 25.2 Å². The Morgan fingerprint density at radius 2 is 1.69 bits per heavy atom. The zero-order chi connectivity index (χ0) is 22.7. The Morgan fingerprint density at radius 1 is 0.969 bits per heavy atom. The van der Waals surface area contributed by atoms with Crippen LogP contribution in [0.25, 0.3) is 0 Å². The van der Waals surface area contributed by atoms with Crippen LogP contribution in [0.2, 0.25) is 0 Å². The number of nitrogens with one attached hydrogen (secondary N) is 1. The summed E-state index contributed by atoms with van der Waals surface area (Å²) in [6.07, 6.45) is 1.43. The van der Waals surface area contributed by atoms with Gasteiger partial charge in [-0.2, -0.15) is 4.98 Å². The van der Waals surface area contributed by atoms with Gasteiger partial charge in [-0.25, -0.2) is 9.97 Å². The minimum Gasteiger partial charge on any atom is -0.353 e. The van der Waals surface area contributed by atoms with Crippen molar-refractivity contribution in [2.45, 2.75) is 27.3 Å². The fraction of sp³-hybridized carbons (Fsp3) is 0.348. The monoisotopic (exact) mass is 433 g/mol. The molecule has 1 aliphatic heterocycles. The van der Waals surface area contributed by atoms with E-state index in [-0.39, 0.29) is 18.0 Å². The first-order chi connectivity index (χ1) is 15.4. The summed E-state index contributed by atoms with van der Waals surface area (Å²) in [5, 5.41) is 3.26. The van der Waals surface area contributed by atoms with Crippen molar-refractivity contribution in [3.05, 3.63) is 70.0 Å². The van der Waals surface area contributed by atoms with Crippen molar-refractivity contribution < 1.29 is 4.79 Å². The second-order valence-electron chi connectivity index (χ2n) is 8.05. The first-order valence-corrected chi connectivity index (χ1v) is 10.6. The Morgan fingerprint density at radius 3 is 2.38 bits per heavy atom. The fourth-order valence-electron chi connectivity index (χ4n) is 3.60. The normalized spacial score (nSPS) is 13.8. The minimum atomic E-state index is -0.213. The van der Waals surface area contributed by atoms with Gasteiger partial charge in [-0.15, -0.1) is 0 Å². The zero-order valence-electron chi connectivity index (χ0n) is 18.6. The standard InChI is InChI=1S/C23H27N7O2/c1-16-4-6-19(7-5-16)26-23-25-18(3)12-20(27-23)28-8-10-29(11-9-28)22(32)14-30-15-24-17(2)13-21(30)31/h4-7,12-13,15H,8-11,14H2,1-3H3,(H,25,26,27). The lowest BCUT2D eigenvalue weighted by Gasteiger charge is -2.35. The maximum absolute atomic E-state index is 12.7. The highest BCUT2D eigenvalue weighted by Gasteiger charge is 2.23. The molecule has 1 N–H and O–H groups in total. The third kappa shape index (κ3) is 5.11. The Balaban J connectivity index is 1.39. The smallest absolute Gasteiger partial charge is 0.253 e. The molecule has 166 valence electrons. The zero-order valence-corrected chi connectivity index (χ0v) is 18.6.